The predicted molar refractivity (Wildman–Crippen MR) is 103 cm³/mol. The largest absolute Gasteiger partial charge is 0.493 e. The van der Waals surface area contributed by atoms with Crippen LogP contribution in [-0.4, -0.2) is 35.1 Å². The standard InChI is InChI=1S/C18H21ClN2O5S/c1-25-16-8-7-14(11-17(16)26-2)27(23,24)21-10-9-18(22)20-12-13-5-3-4-6-15(13)19/h3-8,11,21H,9-10,12H2,1-2H3,(H,20,22). The predicted octanol–water partition coefficient (Wildman–Crippen LogP) is 2.34. The molecule has 0 aliphatic heterocycles. The summed E-state index contributed by atoms with van der Waals surface area (Å²) < 4.78 is 37.3. The molecular weight excluding hydrogens is 392 g/mol. The van der Waals surface area contributed by atoms with Crippen LogP contribution >= 0.6 is 11.6 Å². The number of benzene rings is 2. The topological polar surface area (TPSA) is 93.7 Å². The Bertz CT molecular complexity index is 902. The van der Waals surface area contributed by atoms with Crippen LogP contribution in [0.25, 0.3) is 0 Å². The zero-order valence-electron chi connectivity index (χ0n) is 15.0. The Hall–Kier alpha value is -2.29. The van der Waals surface area contributed by atoms with Crippen LogP contribution in [0.4, 0.5) is 0 Å². The molecule has 1 amide bonds. The maximum atomic E-state index is 12.3. The van der Waals surface area contributed by atoms with Crippen LogP contribution in [0.3, 0.4) is 0 Å². The third kappa shape index (κ3) is 5.85. The van der Waals surface area contributed by atoms with Gasteiger partial charge in [-0.05, 0) is 23.8 Å². The van der Waals surface area contributed by atoms with Crippen molar-refractivity contribution in [3.05, 3.63) is 53.1 Å². The SMILES string of the molecule is COc1ccc(S(=O)(=O)NCCC(=O)NCc2ccccc2Cl)cc1OC. The number of methoxy groups -OCH3 is 2. The Morgan fingerprint density at radius 2 is 1.78 bits per heavy atom. The van der Waals surface area contributed by atoms with Crippen molar-refractivity contribution in [2.75, 3.05) is 20.8 Å². The molecule has 146 valence electrons. The van der Waals surface area contributed by atoms with Crippen LogP contribution in [0.1, 0.15) is 12.0 Å². The van der Waals surface area contributed by atoms with Crippen molar-refractivity contribution in [2.24, 2.45) is 0 Å². The monoisotopic (exact) mass is 412 g/mol. The van der Waals surface area contributed by atoms with Gasteiger partial charge in [0.05, 0.1) is 19.1 Å². The van der Waals surface area contributed by atoms with Gasteiger partial charge in [0.1, 0.15) is 0 Å². The molecule has 0 unspecified atom stereocenters. The molecule has 0 spiro atoms. The van der Waals surface area contributed by atoms with Crippen molar-refractivity contribution in [3.63, 3.8) is 0 Å². The lowest BCUT2D eigenvalue weighted by Gasteiger charge is -2.11. The number of rotatable bonds is 9. The Kier molecular flexibility index (Phi) is 7.46. The van der Waals surface area contributed by atoms with E-state index in [0.29, 0.717) is 16.5 Å². The van der Waals surface area contributed by atoms with Crippen molar-refractivity contribution in [1.82, 2.24) is 10.0 Å². The molecule has 2 rings (SSSR count). The lowest BCUT2D eigenvalue weighted by atomic mass is 10.2. The third-order valence-corrected chi connectivity index (χ3v) is 5.57. The van der Waals surface area contributed by atoms with Crippen molar-refractivity contribution >= 4 is 27.5 Å². The average Bonchev–Trinajstić information content (AvgIpc) is 2.66. The Balaban J connectivity index is 1.88. The molecule has 2 aromatic rings. The highest BCUT2D eigenvalue weighted by Crippen LogP contribution is 2.29. The maximum Gasteiger partial charge on any atom is 0.240 e. The smallest absolute Gasteiger partial charge is 0.240 e. The number of sulfonamides is 1. The fourth-order valence-electron chi connectivity index (χ4n) is 2.29. The molecule has 7 nitrogen and oxygen atoms in total. The van der Waals surface area contributed by atoms with Gasteiger partial charge in [-0.3, -0.25) is 4.79 Å². The number of hydrogen-bond donors (Lipinski definition) is 2. The lowest BCUT2D eigenvalue weighted by molar-refractivity contribution is -0.121. The molecule has 0 saturated heterocycles. The third-order valence-electron chi connectivity index (χ3n) is 3.74. The highest BCUT2D eigenvalue weighted by Gasteiger charge is 2.17. The van der Waals surface area contributed by atoms with Gasteiger partial charge in [-0.1, -0.05) is 29.8 Å². The summed E-state index contributed by atoms with van der Waals surface area (Å²) in [5, 5.41) is 3.27. The minimum atomic E-state index is -3.77. The lowest BCUT2D eigenvalue weighted by Crippen LogP contribution is -2.30. The van der Waals surface area contributed by atoms with Crippen LogP contribution in [0, 0.1) is 0 Å². The van der Waals surface area contributed by atoms with E-state index >= 15 is 0 Å². The molecule has 0 aliphatic carbocycles. The van der Waals surface area contributed by atoms with E-state index in [1.54, 1.807) is 12.1 Å². The van der Waals surface area contributed by atoms with Gasteiger partial charge < -0.3 is 14.8 Å². The van der Waals surface area contributed by atoms with E-state index in [4.69, 9.17) is 21.1 Å². The van der Waals surface area contributed by atoms with E-state index in [1.165, 1.54) is 32.4 Å². The van der Waals surface area contributed by atoms with Gasteiger partial charge in [-0.25, -0.2) is 13.1 Å². The summed E-state index contributed by atoms with van der Waals surface area (Å²) in [5.41, 5.74) is 0.790. The Morgan fingerprint density at radius 1 is 1.07 bits per heavy atom. The summed E-state index contributed by atoms with van der Waals surface area (Å²) in [6, 6.07) is 11.4. The molecule has 2 aromatic carbocycles. The van der Waals surface area contributed by atoms with Crippen molar-refractivity contribution < 1.29 is 22.7 Å². The first-order valence-corrected chi connectivity index (χ1v) is 9.95. The molecule has 0 atom stereocenters. The second-order valence-corrected chi connectivity index (χ2v) is 7.71. The van der Waals surface area contributed by atoms with Crippen molar-refractivity contribution in [3.8, 4) is 11.5 Å². The average molecular weight is 413 g/mol. The van der Waals surface area contributed by atoms with Crippen LogP contribution < -0.4 is 19.5 Å². The molecule has 0 aliphatic rings. The molecule has 0 radical (unpaired) electrons. The van der Waals surface area contributed by atoms with Crippen molar-refractivity contribution in [1.29, 1.82) is 0 Å². The normalized spacial score (nSPS) is 11.1. The number of ether oxygens (including phenoxy) is 2. The first-order valence-electron chi connectivity index (χ1n) is 8.09. The number of carbonyl (C=O) groups excluding carboxylic acids is 1. The molecular formula is C18H21ClN2O5S. The molecule has 0 aromatic heterocycles. The zero-order chi connectivity index (χ0) is 19.9. The number of nitrogens with one attached hydrogen (secondary N) is 2. The van der Waals surface area contributed by atoms with Gasteiger partial charge in [-0.15, -0.1) is 0 Å². The van der Waals surface area contributed by atoms with E-state index in [1.807, 2.05) is 12.1 Å². The number of amides is 1. The summed E-state index contributed by atoms with van der Waals surface area (Å²) in [7, 11) is -0.889. The first kappa shape index (κ1) is 21.0. The maximum absolute atomic E-state index is 12.3. The molecule has 0 saturated carbocycles. The summed E-state index contributed by atoms with van der Waals surface area (Å²) in [5.74, 6) is 0.443. The Morgan fingerprint density at radius 3 is 2.44 bits per heavy atom. The molecule has 0 heterocycles. The van der Waals surface area contributed by atoms with Gasteiger partial charge in [-0.2, -0.15) is 0 Å². The Labute approximate surface area is 163 Å². The second kappa shape index (κ2) is 9.59. The van der Waals surface area contributed by atoms with E-state index in [-0.39, 0.29) is 30.3 Å². The highest BCUT2D eigenvalue weighted by molar-refractivity contribution is 7.89. The van der Waals surface area contributed by atoms with Crippen LogP contribution in [0.5, 0.6) is 11.5 Å². The van der Waals surface area contributed by atoms with Crippen LogP contribution in [-0.2, 0) is 21.4 Å². The summed E-state index contributed by atoms with van der Waals surface area (Å²) in [6.45, 7) is 0.242. The summed E-state index contributed by atoms with van der Waals surface area (Å²) >= 11 is 6.02. The fraction of sp³-hybridized carbons (Fsp3) is 0.278. The molecule has 27 heavy (non-hydrogen) atoms. The van der Waals surface area contributed by atoms with Gasteiger partial charge in [0, 0.05) is 30.6 Å². The van der Waals surface area contributed by atoms with E-state index in [0.717, 1.165) is 5.56 Å². The van der Waals surface area contributed by atoms with E-state index in [9.17, 15) is 13.2 Å². The van der Waals surface area contributed by atoms with Gasteiger partial charge in [0.25, 0.3) is 0 Å². The quantitative estimate of drug-likeness (QED) is 0.659. The van der Waals surface area contributed by atoms with Gasteiger partial charge in [0.2, 0.25) is 15.9 Å². The summed E-state index contributed by atoms with van der Waals surface area (Å²) in [6.07, 6.45) is -0.00300. The van der Waals surface area contributed by atoms with Gasteiger partial charge >= 0.3 is 0 Å². The zero-order valence-corrected chi connectivity index (χ0v) is 16.6. The summed E-state index contributed by atoms with van der Waals surface area (Å²) in [4.78, 5) is 11.9. The van der Waals surface area contributed by atoms with Crippen LogP contribution in [0.2, 0.25) is 5.02 Å². The number of hydrogen-bond acceptors (Lipinski definition) is 5. The minimum Gasteiger partial charge on any atom is -0.493 e. The van der Waals surface area contributed by atoms with Gasteiger partial charge in [0.15, 0.2) is 11.5 Å². The molecule has 2 N–H and O–H groups in total. The fourth-order valence-corrected chi connectivity index (χ4v) is 3.54. The minimum absolute atomic E-state index is 0.00300. The number of halogens is 1. The first-order chi connectivity index (χ1) is 12.9. The van der Waals surface area contributed by atoms with E-state index < -0.39 is 10.0 Å². The van der Waals surface area contributed by atoms with Crippen molar-refractivity contribution in [2.45, 2.75) is 17.9 Å². The molecule has 9 heteroatoms. The van der Waals surface area contributed by atoms with Crippen LogP contribution in [0.15, 0.2) is 47.4 Å². The highest BCUT2D eigenvalue weighted by atomic mass is 35.5. The van der Waals surface area contributed by atoms with E-state index in [2.05, 4.69) is 10.0 Å². The molecule has 0 bridgehead atoms. The number of carbonyl (C=O) groups is 1. The second-order valence-electron chi connectivity index (χ2n) is 5.53. The molecule has 0 fully saturated rings.